The molecular weight excluding hydrogens is 444 g/mol. The maximum atomic E-state index is 14.3. The molecule has 1 unspecified atom stereocenters. The van der Waals surface area contributed by atoms with Gasteiger partial charge in [-0.05, 0) is 35.9 Å². The number of pyridine rings is 1. The fraction of sp³-hybridized carbons (Fsp3) is 0.227. The zero-order valence-corrected chi connectivity index (χ0v) is 17.4. The lowest BCUT2D eigenvalue weighted by Crippen LogP contribution is -2.46. The van der Waals surface area contributed by atoms with Gasteiger partial charge < -0.3 is 19.7 Å². The minimum absolute atomic E-state index is 0.0367. The Morgan fingerprint density at radius 3 is 2.67 bits per heavy atom. The van der Waals surface area contributed by atoms with Crippen LogP contribution in [0.15, 0.2) is 61.2 Å². The van der Waals surface area contributed by atoms with Crippen molar-refractivity contribution in [2.75, 3.05) is 6.54 Å². The summed E-state index contributed by atoms with van der Waals surface area (Å²) in [6.07, 6.45) is 1.89. The molecule has 174 valence electrons. The molecule has 2 N–H and O–H groups in total. The summed E-state index contributed by atoms with van der Waals surface area (Å²) in [5.74, 6) is -1.65. The summed E-state index contributed by atoms with van der Waals surface area (Å²) in [4.78, 5) is 19.4. The summed E-state index contributed by atoms with van der Waals surface area (Å²) in [6.45, 7) is -0.474. The minimum atomic E-state index is -5.00. The highest BCUT2D eigenvalue weighted by Gasteiger charge is 2.57. The normalized spacial score (nSPS) is 13.6. The largest absolute Gasteiger partial charge is 0.453 e. The van der Waals surface area contributed by atoms with Crippen molar-refractivity contribution in [3.8, 4) is 11.5 Å². The molecule has 0 saturated carbocycles. The smallest absolute Gasteiger partial charge is 0.424 e. The van der Waals surface area contributed by atoms with Gasteiger partial charge in [-0.1, -0.05) is 6.07 Å². The van der Waals surface area contributed by atoms with Crippen LogP contribution in [0.1, 0.15) is 17.8 Å². The van der Waals surface area contributed by atoms with Crippen molar-refractivity contribution in [3.63, 3.8) is 0 Å². The molecular formula is C22H20F4N4O3. The Morgan fingerprint density at radius 1 is 1.27 bits per heavy atom. The van der Waals surface area contributed by atoms with E-state index in [4.69, 9.17) is 4.74 Å². The molecule has 11 heteroatoms. The topological polar surface area (TPSA) is 89.3 Å². The molecule has 1 amide bonds. The molecule has 0 aliphatic heterocycles. The molecule has 3 aromatic rings. The summed E-state index contributed by atoms with van der Waals surface area (Å²) in [5, 5.41) is 12.5. The molecule has 33 heavy (non-hydrogen) atoms. The molecule has 0 aliphatic rings. The van der Waals surface area contributed by atoms with Gasteiger partial charge in [0.2, 0.25) is 11.5 Å². The molecule has 0 fully saturated rings. The number of nitrogens with zero attached hydrogens (tertiary/aromatic N) is 3. The number of ether oxygens (including phenoxy) is 1. The fourth-order valence-corrected chi connectivity index (χ4v) is 2.98. The number of aromatic nitrogens is 3. The van der Waals surface area contributed by atoms with Crippen LogP contribution in [-0.2, 0) is 17.4 Å². The summed E-state index contributed by atoms with van der Waals surface area (Å²) in [6, 6.07) is 7.25. The number of aliphatic hydroxyl groups is 1. The molecule has 2 aromatic heterocycles. The first-order valence-corrected chi connectivity index (χ1v) is 9.70. The zero-order chi connectivity index (χ0) is 24.1. The van der Waals surface area contributed by atoms with E-state index in [2.05, 4.69) is 15.3 Å². The van der Waals surface area contributed by atoms with Crippen LogP contribution in [0.3, 0.4) is 0 Å². The van der Waals surface area contributed by atoms with Crippen molar-refractivity contribution in [1.82, 2.24) is 19.9 Å². The van der Waals surface area contributed by atoms with E-state index < -0.39 is 42.3 Å². The third-order valence-corrected chi connectivity index (χ3v) is 4.69. The maximum Gasteiger partial charge on any atom is 0.424 e. The van der Waals surface area contributed by atoms with Crippen molar-refractivity contribution in [1.29, 1.82) is 0 Å². The predicted octanol–water partition coefficient (Wildman–Crippen LogP) is 3.72. The van der Waals surface area contributed by atoms with Crippen LogP contribution in [0.2, 0.25) is 0 Å². The summed E-state index contributed by atoms with van der Waals surface area (Å²) in [5.41, 5.74) is -2.89. The van der Waals surface area contributed by atoms with E-state index in [0.717, 1.165) is 22.9 Å². The van der Waals surface area contributed by atoms with E-state index in [0.29, 0.717) is 11.3 Å². The first kappa shape index (κ1) is 23.9. The number of carbonyl (C=O) groups is 1. The van der Waals surface area contributed by atoms with E-state index in [-0.39, 0.29) is 5.75 Å². The lowest BCUT2D eigenvalue weighted by molar-refractivity contribution is -0.272. The highest BCUT2D eigenvalue weighted by molar-refractivity contribution is 5.91. The van der Waals surface area contributed by atoms with E-state index in [1.807, 2.05) is 0 Å². The van der Waals surface area contributed by atoms with Crippen LogP contribution in [-0.4, -0.2) is 38.3 Å². The average Bonchev–Trinajstić information content (AvgIpc) is 3.20. The molecule has 0 saturated heterocycles. The number of alkyl halides is 3. The molecule has 0 bridgehead atoms. The number of benzene rings is 1. The van der Waals surface area contributed by atoms with Crippen molar-refractivity contribution in [2.45, 2.75) is 18.2 Å². The third kappa shape index (κ3) is 5.75. The van der Waals surface area contributed by atoms with Crippen molar-refractivity contribution < 1.29 is 32.2 Å². The Hall–Kier alpha value is -3.73. The van der Waals surface area contributed by atoms with Crippen molar-refractivity contribution in [3.05, 3.63) is 78.4 Å². The molecule has 7 nitrogen and oxygen atoms in total. The predicted molar refractivity (Wildman–Crippen MR) is 111 cm³/mol. The lowest BCUT2D eigenvalue weighted by Gasteiger charge is -2.29. The molecule has 0 aliphatic carbocycles. The Kier molecular flexibility index (Phi) is 7.12. The Labute approximate surface area is 186 Å². The first-order chi connectivity index (χ1) is 15.6. The van der Waals surface area contributed by atoms with Gasteiger partial charge in [0.25, 0.3) is 0 Å². The Balaban J connectivity index is 1.58. The van der Waals surface area contributed by atoms with E-state index in [1.54, 1.807) is 18.3 Å². The second-order valence-corrected chi connectivity index (χ2v) is 7.07. The summed E-state index contributed by atoms with van der Waals surface area (Å²) < 4.78 is 61.1. The van der Waals surface area contributed by atoms with Gasteiger partial charge in [-0.2, -0.15) is 13.2 Å². The number of amides is 1. The number of rotatable bonds is 8. The van der Waals surface area contributed by atoms with Crippen LogP contribution in [0.25, 0.3) is 6.08 Å². The Morgan fingerprint density at radius 2 is 2.06 bits per heavy atom. The van der Waals surface area contributed by atoms with Gasteiger partial charge >= 0.3 is 6.18 Å². The average molecular weight is 464 g/mol. The highest BCUT2D eigenvalue weighted by atomic mass is 19.4. The minimum Gasteiger partial charge on any atom is -0.453 e. The number of hydrogen-bond acceptors (Lipinski definition) is 5. The van der Waals surface area contributed by atoms with Crippen LogP contribution in [0, 0.1) is 5.82 Å². The van der Waals surface area contributed by atoms with Gasteiger partial charge in [-0.3, -0.25) is 9.78 Å². The highest BCUT2D eigenvalue weighted by Crippen LogP contribution is 2.40. The van der Waals surface area contributed by atoms with Crippen LogP contribution in [0.4, 0.5) is 17.6 Å². The van der Waals surface area contributed by atoms with E-state index in [1.165, 1.54) is 37.7 Å². The maximum absolute atomic E-state index is 14.3. The van der Waals surface area contributed by atoms with Crippen LogP contribution in [0.5, 0.6) is 11.5 Å². The summed E-state index contributed by atoms with van der Waals surface area (Å²) in [7, 11) is 1.33. The second kappa shape index (κ2) is 9.82. The Bertz CT molecular complexity index is 1130. The van der Waals surface area contributed by atoms with Crippen LogP contribution >= 0.6 is 0 Å². The van der Waals surface area contributed by atoms with Crippen molar-refractivity contribution in [2.24, 2.45) is 7.05 Å². The zero-order valence-electron chi connectivity index (χ0n) is 17.4. The van der Waals surface area contributed by atoms with Gasteiger partial charge in [0.15, 0.2) is 11.6 Å². The first-order valence-electron chi connectivity index (χ1n) is 9.70. The van der Waals surface area contributed by atoms with Gasteiger partial charge in [-0.25, -0.2) is 9.37 Å². The van der Waals surface area contributed by atoms with Crippen molar-refractivity contribution >= 4 is 12.0 Å². The number of imidazole rings is 1. The van der Waals surface area contributed by atoms with Gasteiger partial charge in [0, 0.05) is 44.7 Å². The standard InChI is InChI=1S/C22H20F4N4O3/c1-30-12-11-29-20(30)21(32,22(24,25)26)8-10-28-19(31)7-5-15-4-6-18(17(23)13-15)33-16-3-2-9-27-14-16/h2-7,9,11-14,32H,8,10H2,1H3,(H,28,31)/b7-5+. The molecule has 1 atom stereocenters. The molecule has 3 rings (SSSR count). The molecule has 0 radical (unpaired) electrons. The van der Waals surface area contributed by atoms with Gasteiger partial charge in [-0.15, -0.1) is 0 Å². The fourth-order valence-electron chi connectivity index (χ4n) is 2.98. The SMILES string of the molecule is Cn1ccnc1C(O)(CCNC(=O)/C=C/c1ccc(Oc2cccnc2)c(F)c1)C(F)(F)F. The summed E-state index contributed by atoms with van der Waals surface area (Å²) >= 11 is 0. The number of halogens is 4. The number of carbonyl (C=O) groups excluding carboxylic acids is 1. The van der Waals surface area contributed by atoms with E-state index in [9.17, 15) is 27.5 Å². The number of hydrogen-bond donors (Lipinski definition) is 2. The quantitative estimate of drug-likeness (QED) is 0.392. The van der Waals surface area contributed by atoms with Crippen LogP contribution < -0.4 is 10.1 Å². The molecule has 0 spiro atoms. The third-order valence-electron chi connectivity index (χ3n) is 4.69. The molecule has 1 aromatic carbocycles. The molecule has 2 heterocycles. The monoisotopic (exact) mass is 464 g/mol. The number of aryl methyl sites for hydroxylation is 1. The van der Waals surface area contributed by atoms with Gasteiger partial charge in [0.1, 0.15) is 11.6 Å². The second-order valence-electron chi connectivity index (χ2n) is 7.07. The van der Waals surface area contributed by atoms with Gasteiger partial charge in [0.05, 0.1) is 6.20 Å². The number of nitrogens with one attached hydrogen (secondary N) is 1. The van der Waals surface area contributed by atoms with E-state index >= 15 is 0 Å². The lowest BCUT2D eigenvalue weighted by atomic mass is 9.97.